The van der Waals surface area contributed by atoms with Crippen LogP contribution in [0.15, 0.2) is 29.2 Å². The van der Waals surface area contributed by atoms with Crippen molar-refractivity contribution in [3.63, 3.8) is 0 Å². The molecule has 3 rings (SSSR count). The fraction of sp³-hybridized carbons (Fsp3) is 0.632. The summed E-state index contributed by atoms with van der Waals surface area (Å²) in [6.07, 6.45) is 6.81. The molecule has 0 aromatic heterocycles. The lowest BCUT2D eigenvalue weighted by atomic mass is 10.1. The minimum Gasteiger partial charge on any atom is -0.381 e. The molecule has 0 aliphatic carbocycles. The van der Waals surface area contributed by atoms with E-state index < -0.39 is 0 Å². The Labute approximate surface area is 149 Å². The number of rotatable bonds is 6. The van der Waals surface area contributed by atoms with Gasteiger partial charge in [0.25, 0.3) is 0 Å². The average molecular weight is 349 g/mol. The molecule has 4 nitrogen and oxygen atoms in total. The predicted molar refractivity (Wildman–Crippen MR) is 98.5 cm³/mol. The van der Waals surface area contributed by atoms with Gasteiger partial charge in [0.2, 0.25) is 5.91 Å². The van der Waals surface area contributed by atoms with Crippen LogP contribution in [0.2, 0.25) is 0 Å². The van der Waals surface area contributed by atoms with Gasteiger partial charge in [-0.3, -0.25) is 9.69 Å². The highest BCUT2D eigenvalue weighted by Crippen LogP contribution is 2.20. The van der Waals surface area contributed by atoms with Crippen molar-refractivity contribution >= 4 is 17.7 Å². The number of benzene rings is 1. The number of nitrogens with one attached hydrogen (secondary N) is 1. The molecule has 0 spiro atoms. The van der Waals surface area contributed by atoms with Crippen molar-refractivity contribution in [2.45, 2.75) is 49.1 Å². The first kappa shape index (κ1) is 17.8. The Kier molecular flexibility index (Phi) is 6.58. The molecule has 24 heavy (non-hydrogen) atoms. The summed E-state index contributed by atoms with van der Waals surface area (Å²) < 4.78 is 5.44. The maximum Gasteiger partial charge on any atom is 0.220 e. The molecule has 0 radical (unpaired) electrons. The Morgan fingerprint density at radius 1 is 1.25 bits per heavy atom. The third-order valence-electron chi connectivity index (χ3n) is 5.09. The van der Waals surface area contributed by atoms with Crippen LogP contribution in [0, 0.1) is 0 Å². The van der Waals surface area contributed by atoms with Crippen molar-refractivity contribution in [3.8, 4) is 0 Å². The SMILES string of the molecule is CSc1ccc(CCC(=O)NC2CCN(C3CCOCC3)C2)cc1. The van der Waals surface area contributed by atoms with Crippen LogP contribution >= 0.6 is 11.8 Å². The van der Waals surface area contributed by atoms with Crippen LogP contribution in [-0.2, 0) is 16.0 Å². The van der Waals surface area contributed by atoms with Gasteiger partial charge in [0.05, 0.1) is 0 Å². The maximum atomic E-state index is 12.2. The molecule has 0 bridgehead atoms. The number of carbonyl (C=O) groups excluding carboxylic acids is 1. The van der Waals surface area contributed by atoms with Gasteiger partial charge in [0.15, 0.2) is 0 Å². The lowest BCUT2D eigenvalue weighted by Gasteiger charge is -2.31. The number of nitrogens with zero attached hydrogens (tertiary/aromatic N) is 1. The van der Waals surface area contributed by atoms with Crippen LogP contribution in [0.5, 0.6) is 0 Å². The molecule has 1 aromatic carbocycles. The number of likely N-dealkylation sites (tertiary alicyclic amines) is 1. The van der Waals surface area contributed by atoms with Gasteiger partial charge >= 0.3 is 0 Å². The van der Waals surface area contributed by atoms with E-state index in [0.29, 0.717) is 18.5 Å². The maximum absolute atomic E-state index is 12.2. The summed E-state index contributed by atoms with van der Waals surface area (Å²) in [7, 11) is 0. The Hall–Kier alpha value is -1.04. The van der Waals surface area contributed by atoms with E-state index >= 15 is 0 Å². The third-order valence-corrected chi connectivity index (χ3v) is 5.84. The quantitative estimate of drug-likeness (QED) is 0.803. The van der Waals surface area contributed by atoms with Gasteiger partial charge in [-0.2, -0.15) is 0 Å². The number of ether oxygens (including phenoxy) is 1. The van der Waals surface area contributed by atoms with E-state index in [9.17, 15) is 4.79 Å². The second-order valence-corrected chi connectivity index (χ2v) is 7.62. The smallest absolute Gasteiger partial charge is 0.220 e. The molecular weight excluding hydrogens is 320 g/mol. The van der Waals surface area contributed by atoms with Gasteiger partial charge in [0, 0.05) is 49.7 Å². The van der Waals surface area contributed by atoms with E-state index in [1.54, 1.807) is 11.8 Å². The number of amides is 1. The minimum atomic E-state index is 0.183. The van der Waals surface area contributed by atoms with E-state index in [-0.39, 0.29) is 5.91 Å². The highest BCUT2D eigenvalue weighted by molar-refractivity contribution is 7.98. The lowest BCUT2D eigenvalue weighted by molar-refractivity contribution is -0.121. The summed E-state index contributed by atoms with van der Waals surface area (Å²) in [5, 5.41) is 3.22. The number of carbonyl (C=O) groups is 1. The normalized spacial score (nSPS) is 22.6. The first-order valence-electron chi connectivity index (χ1n) is 8.98. The minimum absolute atomic E-state index is 0.183. The Morgan fingerprint density at radius 3 is 2.71 bits per heavy atom. The van der Waals surface area contributed by atoms with Crippen molar-refractivity contribution in [2.24, 2.45) is 0 Å². The van der Waals surface area contributed by atoms with Crippen molar-refractivity contribution in [3.05, 3.63) is 29.8 Å². The second-order valence-electron chi connectivity index (χ2n) is 6.74. The summed E-state index contributed by atoms with van der Waals surface area (Å²) >= 11 is 1.74. The molecule has 5 heteroatoms. The highest BCUT2D eigenvalue weighted by Gasteiger charge is 2.29. The van der Waals surface area contributed by atoms with E-state index in [1.807, 2.05) is 0 Å². The van der Waals surface area contributed by atoms with Gasteiger partial charge in [-0.1, -0.05) is 12.1 Å². The average Bonchev–Trinajstić information content (AvgIpc) is 3.09. The van der Waals surface area contributed by atoms with Crippen LogP contribution in [0.4, 0.5) is 0 Å². The van der Waals surface area contributed by atoms with Gasteiger partial charge in [-0.05, 0) is 49.6 Å². The van der Waals surface area contributed by atoms with E-state index in [2.05, 4.69) is 40.7 Å². The van der Waals surface area contributed by atoms with Crippen molar-refractivity contribution < 1.29 is 9.53 Å². The number of hydrogen-bond donors (Lipinski definition) is 1. The zero-order valence-electron chi connectivity index (χ0n) is 14.5. The highest BCUT2D eigenvalue weighted by atomic mass is 32.2. The number of hydrogen-bond acceptors (Lipinski definition) is 4. The molecule has 2 fully saturated rings. The lowest BCUT2D eigenvalue weighted by Crippen LogP contribution is -2.41. The van der Waals surface area contributed by atoms with E-state index in [1.165, 1.54) is 10.5 Å². The Bertz CT molecular complexity index is 529. The fourth-order valence-electron chi connectivity index (χ4n) is 3.64. The van der Waals surface area contributed by atoms with Crippen molar-refractivity contribution in [2.75, 3.05) is 32.6 Å². The molecule has 2 heterocycles. The molecule has 1 N–H and O–H groups in total. The topological polar surface area (TPSA) is 41.6 Å². The van der Waals surface area contributed by atoms with Gasteiger partial charge < -0.3 is 10.1 Å². The predicted octanol–water partition coefficient (Wildman–Crippen LogP) is 2.71. The van der Waals surface area contributed by atoms with E-state index in [4.69, 9.17) is 4.74 Å². The molecular formula is C19H28N2O2S. The molecule has 0 saturated carbocycles. The van der Waals surface area contributed by atoms with E-state index in [0.717, 1.165) is 52.0 Å². The summed E-state index contributed by atoms with van der Waals surface area (Å²) in [6.45, 7) is 3.87. The summed E-state index contributed by atoms with van der Waals surface area (Å²) in [6, 6.07) is 9.47. The van der Waals surface area contributed by atoms with Crippen molar-refractivity contribution in [1.29, 1.82) is 0 Å². The van der Waals surface area contributed by atoms with Crippen LogP contribution in [0.25, 0.3) is 0 Å². The molecule has 1 atom stereocenters. The molecule has 2 aliphatic heterocycles. The van der Waals surface area contributed by atoms with Gasteiger partial charge in [-0.15, -0.1) is 11.8 Å². The third kappa shape index (κ3) is 4.98. The largest absolute Gasteiger partial charge is 0.381 e. The first-order valence-corrected chi connectivity index (χ1v) is 10.2. The molecule has 1 aromatic rings. The molecule has 1 amide bonds. The van der Waals surface area contributed by atoms with Crippen LogP contribution in [0.1, 0.15) is 31.2 Å². The number of aryl methyl sites for hydroxylation is 1. The van der Waals surface area contributed by atoms with Crippen LogP contribution in [-0.4, -0.2) is 55.4 Å². The zero-order valence-corrected chi connectivity index (χ0v) is 15.3. The summed E-state index contributed by atoms with van der Waals surface area (Å²) in [4.78, 5) is 16.0. The van der Waals surface area contributed by atoms with Crippen LogP contribution in [0.3, 0.4) is 0 Å². The first-order chi connectivity index (χ1) is 11.7. The molecule has 1 unspecified atom stereocenters. The summed E-state index contributed by atoms with van der Waals surface area (Å²) in [5.41, 5.74) is 1.23. The second kappa shape index (κ2) is 8.88. The van der Waals surface area contributed by atoms with Gasteiger partial charge in [-0.25, -0.2) is 0 Å². The standard InChI is InChI=1S/C19H28N2O2S/c1-24-18-5-2-15(3-6-18)4-7-19(22)20-16-8-11-21(14-16)17-9-12-23-13-10-17/h2-3,5-6,16-17H,4,7-14H2,1H3,(H,20,22). The molecule has 2 saturated heterocycles. The Balaban J connectivity index is 1.38. The zero-order chi connectivity index (χ0) is 16.8. The summed E-state index contributed by atoms with van der Waals surface area (Å²) in [5.74, 6) is 0.183. The molecule has 2 aliphatic rings. The Morgan fingerprint density at radius 2 is 2.00 bits per heavy atom. The van der Waals surface area contributed by atoms with Gasteiger partial charge in [0.1, 0.15) is 0 Å². The van der Waals surface area contributed by atoms with Crippen molar-refractivity contribution in [1.82, 2.24) is 10.2 Å². The number of thioether (sulfide) groups is 1. The fourth-order valence-corrected chi connectivity index (χ4v) is 4.05. The monoisotopic (exact) mass is 348 g/mol. The molecule has 132 valence electrons. The van der Waals surface area contributed by atoms with Crippen LogP contribution < -0.4 is 5.32 Å².